The van der Waals surface area contributed by atoms with Crippen LogP contribution in [0.3, 0.4) is 0 Å². The van der Waals surface area contributed by atoms with E-state index < -0.39 is 0 Å². The average molecular weight is 328 g/mol. The molecule has 24 heavy (non-hydrogen) atoms. The molecule has 1 heterocycles. The van der Waals surface area contributed by atoms with Crippen LogP contribution in [0.15, 0.2) is 40.9 Å². The van der Waals surface area contributed by atoms with Crippen LogP contribution in [0.2, 0.25) is 0 Å². The SMILES string of the molecule is CC1(C)[C@H](Cc2cc(CO)on2)C[C@@H]1NC(=O)Cc1ccccc1. The average Bonchev–Trinajstić information content (AvgIpc) is 3.02. The summed E-state index contributed by atoms with van der Waals surface area (Å²) < 4.78 is 5.04. The number of rotatable bonds is 6. The second-order valence-electron chi connectivity index (χ2n) is 7.18. The summed E-state index contributed by atoms with van der Waals surface area (Å²) in [6.07, 6.45) is 2.16. The van der Waals surface area contributed by atoms with Crippen molar-refractivity contribution < 1.29 is 14.4 Å². The summed E-state index contributed by atoms with van der Waals surface area (Å²) >= 11 is 0. The molecule has 0 unspecified atom stereocenters. The van der Waals surface area contributed by atoms with Crippen LogP contribution in [-0.2, 0) is 24.2 Å². The molecule has 0 radical (unpaired) electrons. The highest BCUT2D eigenvalue weighted by Gasteiger charge is 2.48. The highest BCUT2D eigenvalue weighted by Crippen LogP contribution is 2.47. The lowest BCUT2D eigenvalue weighted by atomic mass is 9.57. The molecule has 128 valence electrons. The van der Waals surface area contributed by atoms with Crippen molar-refractivity contribution in [2.75, 3.05) is 0 Å². The summed E-state index contributed by atoms with van der Waals surface area (Å²) in [5.41, 5.74) is 1.92. The molecule has 2 aromatic rings. The minimum Gasteiger partial charge on any atom is -0.388 e. The van der Waals surface area contributed by atoms with Gasteiger partial charge in [0.2, 0.25) is 5.91 Å². The fourth-order valence-corrected chi connectivity index (χ4v) is 3.41. The van der Waals surface area contributed by atoms with E-state index in [-0.39, 0.29) is 24.0 Å². The van der Waals surface area contributed by atoms with E-state index in [1.54, 1.807) is 6.07 Å². The number of carbonyl (C=O) groups excluding carboxylic acids is 1. The van der Waals surface area contributed by atoms with Gasteiger partial charge in [0.1, 0.15) is 6.61 Å². The fraction of sp³-hybridized carbons (Fsp3) is 0.474. The van der Waals surface area contributed by atoms with Crippen molar-refractivity contribution in [1.82, 2.24) is 10.5 Å². The molecule has 5 heteroatoms. The molecular weight excluding hydrogens is 304 g/mol. The minimum absolute atomic E-state index is 0.0185. The van der Waals surface area contributed by atoms with Gasteiger partial charge in [-0.1, -0.05) is 49.3 Å². The van der Waals surface area contributed by atoms with Crippen LogP contribution in [0.4, 0.5) is 0 Å². The number of hydrogen-bond donors (Lipinski definition) is 2. The maximum atomic E-state index is 12.2. The second kappa shape index (κ2) is 6.77. The lowest BCUT2D eigenvalue weighted by Gasteiger charge is -2.52. The van der Waals surface area contributed by atoms with Crippen LogP contribution in [0, 0.1) is 11.3 Å². The Hall–Kier alpha value is -2.14. The Morgan fingerprint density at radius 2 is 2.12 bits per heavy atom. The van der Waals surface area contributed by atoms with Gasteiger partial charge in [0.15, 0.2) is 5.76 Å². The van der Waals surface area contributed by atoms with Crippen molar-refractivity contribution in [2.24, 2.45) is 11.3 Å². The molecule has 1 aliphatic rings. The molecule has 2 atom stereocenters. The van der Waals surface area contributed by atoms with E-state index in [2.05, 4.69) is 24.3 Å². The minimum atomic E-state index is -0.126. The molecule has 1 fully saturated rings. The zero-order valence-corrected chi connectivity index (χ0v) is 14.2. The Morgan fingerprint density at radius 3 is 2.75 bits per heavy atom. The molecular formula is C19H24N2O3. The molecule has 0 aliphatic heterocycles. The molecule has 2 N–H and O–H groups in total. The monoisotopic (exact) mass is 328 g/mol. The van der Waals surface area contributed by atoms with Gasteiger partial charge in [0, 0.05) is 12.1 Å². The first-order valence-electron chi connectivity index (χ1n) is 8.37. The number of nitrogens with one attached hydrogen (secondary N) is 1. The molecule has 5 nitrogen and oxygen atoms in total. The number of nitrogens with zero attached hydrogens (tertiary/aromatic N) is 1. The number of hydrogen-bond acceptors (Lipinski definition) is 4. The van der Waals surface area contributed by atoms with Crippen LogP contribution < -0.4 is 5.32 Å². The number of benzene rings is 1. The highest BCUT2D eigenvalue weighted by atomic mass is 16.5. The normalized spacial score (nSPS) is 22.0. The van der Waals surface area contributed by atoms with Gasteiger partial charge in [-0.15, -0.1) is 0 Å². The number of aliphatic hydroxyl groups excluding tert-OH is 1. The maximum absolute atomic E-state index is 12.2. The van der Waals surface area contributed by atoms with Crippen LogP contribution >= 0.6 is 0 Å². The van der Waals surface area contributed by atoms with Gasteiger partial charge in [-0.3, -0.25) is 4.79 Å². The summed E-state index contributed by atoms with van der Waals surface area (Å²) in [5, 5.41) is 16.2. The molecule has 0 saturated heterocycles. The van der Waals surface area contributed by atoms with Crippen LogP contribution in [0.25, 0.3) is 0 Å². The number of carbonyl (C=O) groups is 1. The quantitative estimate of drug-likeness (QED) is 0.854. The largest absolute Gasteiger partial charge is 0.388 e. The number of amides is 1. The Balaban J connectivity index is 1.52. The van der Waals surface area contributed by atoms with Crippen LogP contribution in [-0.4, -0.2) is 22.2 Å². The van der Waals surface area contributed by atoms with Crippen molar-refractivity contribution in [3.8, 4) is 0 Å². The topological polar surface area (TPSA) is 75.4 Å². The summed E-state index contributed by atoms with van der Waals surface area (Å²) in [7, 11) is 0. The van der Waals surface area contributed by atoms with Crippen molar-refractivity contribution in [3.05, 3.63) is 53.4 Å². The smallest absolute Gasteiger partial charge is 0.224 e. The summed E-state index contributed by atoms with van der Waals surface area (Å²) in [4.78, 5) is 12.2. The third kappa shape index (κ3) is 3.51. The molecule has 1 aromatic heterocycles. The predicted octanol–water partition coefficient (Wildman–Crippen LogP) is 2.48. The van der Waals surface area contributed by atoms with E-state index in [4.69, 9.17) is 9.63 Å². The lowest BCUT2D eigenvalue weighted by Crippen LogP contribution is -2.59. The zero-order chi connectivity index (χ0) is 17.2. The molecule has 1 aromatic carbocycles. The zero-order valence-electron chi connectivity index (χ0n) is 14.2. The fourth-order valence-electron chi connectivity index (χ4n) is 3.41. The molecule has 1 saturated carbocycles. The van der Waals surface area contributed by atoms with E-state index in [1.807, 2.05) is 30.3 Å². The molecule has 1 aliphatic carbocycles. The van der Waals surface area contributed by atoms with E-state index in [1.165, 1.54) is 0 Å². The predicted molar refractivity (Wildman–Crippen MR) is 90.1 cm³/mol. The number of aromatic nitrogens is 1. The Bertz CT molecular complexity index is 694. The van der Waals surface area contributed by atoms with E-state index in [0.29, 0.717) is 18.1 Å². The van der Waals surface area contributed by atoms with Gasteiger partial charge in [-0.2, -0.15) is 0 Å². The van der Waals surface area contributed by atoms with Gasteiger partial charge in [0.05, 0.1) is 12.1 Å². The third-order valence-corrected chi connectivity index (χ3v) is 5.23. The van der Waals surface area contributed by atoms with Gasteiger partial charge in [0.25, 0.3) is 0 Å². The first-order chi connectivity index (χ1) is 11.5. The van der Waals surface area contributed by atoms with Crippen LogP contribution in [0.1, 0.15) is 37.3 Å². The highest BCUT2D eigenvalue weighted by molar-refractivity contribution is 5.79. The molecule has 0 bridgehead atoms. The third-order valence-electron chi connectivity index (χ3n) is 5.23. The summed E-state index contributed by atoms with van der Waals surface area (Å²) in [6, 6.07) is 11.8. The van der Waals surface area contributed by atoms with Gasteiger partial charge in [-0.25, -0.2) is 0 Å². The second-order valence-corrected chi connectivity index (χ2v) is 7.18. The first-order valence-corrected chi connectivity index (χ1v) is 8.37. The van der Waals surface area contributed by atoms with E-state index >= 15 is 0 Å². The van der Waals surface area contributed by atoms with Crippen LogP contribution in [0.5, 0.6) is 0 Å². The summed E-state index contributed by atoms with van der Waals surface area (Å²) in [6.45, 7) is 4.24. The number of aliphatic hydroxyl groups is 1. The lowest BCUT2D eigenvalue weighted by molar-refractivity contribution is -0.124. The van der Waals surface area contributed by atoms with Crippen molar-refractivity contribution in [1.29, 1.82) is 0 Å². The van der Waals surface area contributed by atoms with Crippen molar-refractivity contribution in [2.45, 2.75) is 45.8 Å². The standard InChI is InChI=1S/C19H24N2O3/c1-19(2)14(9-15-11-16(12-22)24-21-15)10-17(19)20-18(23)8-13-6-4-3-5-7-13/h3-7,11,14,17,22H,8-10,12H2,1-2H3,(H,20,23)/t14-,17+/m1/s1. The van der Waals surface area contributed by atoms with Gasteiger partial charge < -0.3 is 14.9 Å². The van der Waals surface area contributed by atoms with Crippen molar-refractivity contribution >= 4 is 5.91 Å². The maximum Gasteiger partial charge on any atom is 0.224 e. The molecule has 1 amide bonds. The summed E-state index contributed by atoms with van der Waals surface area (Å²) in [5.74, 6) is 1.01. The van der Waals surface area contributed by atoms with Crippen molar-refractivity contribution in [3.63, 3.8) is 0 Å². The Kier molecular flexibility index (Phi) is 4.71. The Morgan fingerprint density at radius 1 is 1.38 bits per heavy atom. The van der Waals surface area contributed by atoms with E-state index in [9.17, 15) is 4.79 Å². The van der Waals surface area contributed by atoms with E-state index in [0.717, 1.165) is 24.1 Å². The molecule has 3 rings (SSSR count). The first kappa shape index (κ1) is 16.7. The van der Waals surface area contributed by atoms with Gasteiger partial charge in [-0.05, 0) is 29.7 Å². The molecule has 0 spiro atoms. The Labute approximate surface area is 142 Å². The van der Waals surface area contributed by atoms with Gasteiger partial charge >= 0.3 is 0 Å².